The van der Waals surface area contributed by atoms with Crippen LogP contribution in [-0.4, -0.2) is 5.78 Å². The Labute approximate surface area is 134 Å². The SMILES string of the molecule is CCCCc1cccc(C2=C(N)OC(c3cccs3)C2=O)c1. The van der Waals surface area contributed by atoms with Crippen molar-refractivity contribution in [2.75, 3.05) is 0 Å². The van der Waals surface area contributed by atoms with Crippen LogP contribution < -0.4 is 5.73 Å². The molecule has 0 aliphatic carbocycles. The Hall–Kier alpha value is -2.07. The Morgan fingerprint density at radius 2 is 2.14 bits per heavy atom. The molecule has 1 aliphatic heterocycles. The first-order valence-corrected chi connectivity index (χ1v) is 8.42. The van der Waals surface area contributed by atoms with Gasteiger partial charge in [0.15, 0.2) is 12.0 Å². The number of unbranched alkanes of at least 4 members (excludes halogenated alkanes) is 1. The summed E-state index contributed by atoms with van der Waals surface area (Å²) in [5.41, 5.74) is 8.59. The van der Waals surface area contributed by atoms with E-state index in [1.54, 1.807) is 0 Å². The van der Waals surface area contributed by atoms with Crippen LogP contribution in [0.4, 0.5) is 0 Å². The monoisotopic (exact) mass is 313 g/mol. The summed E-state index contributed by atoms with van der Waals surface area (Å²) in [7, 11) is 0. The van der Waals surface area contributed by atoms with Crippen molar-refractivity contribution in [2.45, 2.75) is 32.3 Å². The third-order valence-corrected chi connectivity index (χ3v) is 4.73. The molecule has 114 valence electrons. The van der Waals surface area contributed by atoms with Gasteiger partial charge in [-0.3, -0.25) is 4.79 Å². The number of hydrogen-bond acceptors (Lipinski definition) is 4. The molecule has 2 heterocycles. The van der Waals surface area contributed by atoms with E-state index in [2.05, 4.69) is 19.1 Å². The zero-order valence-electron chi connectivity index (χ0n) is 12.5. The van der Waals surface area contributed by atoms with Gasteiger partial charge < -0.3 is 10.5 Å². The summed E-state index contributed by atoms with van der Waals surface area (Å²) in [6.07, 6.45) is 2.72. The van der Waals surface area contributed by atoms with Gasteiger partial charge in [0.2, 0.25) is 5.78 Å². The molecule has 22 heavy (non-hydrogen) atoms. The highest BCUT2D eigenvalue weighted by molar-refractivity contribution is 7.10. The highest BCUT2D eigenvalue weighted by Crippen LogP contribution is 2.37. The van der Waals surface area contributed by atoms with Crippen LogP contribution in [0.25, 0.3) is 5.57 Å². The minimum absolute atomic E-state index is 0.0485. The predicted octanol–water partition coefficient (Wildman–Crippen LogP) is 4.06. The highest BCUT2D eigenvalue weighted by Gasteiger charge is 2.36. The molecule has 0 saturated heterocycles. The average molecular weight is 313 g/mol. The van der Waals surface area contributed by atoms with Crippen LogP contribution in [-0.2, 0) is 16.0 Å². The molecule has 0 fully saturated rings. The van der Waals surface area contributed by atoms with Gasteiger partial charge in [0.1, 0.15) is 0 Å². The van der Waals surface area contributed by atoms with Gasteiger partial charge in [0, 0.05) is 0 Å². The lowest BCUT2D eigenvalue weighted by Gasteiger charge is -2.07. The number of rotatable bonds is 5. The topological polar surface area (TPSA) is 52.3 Å². The van der Waals surface area contributed by atoms with Gasteiger partial charge in [-0.05, 0) is 35.4 Å². The quantitative estimate of drug-likeness (QED) is 0.905. The summed E-state index contributed by atoms with van der Waals surface area (Å²) in [4.78, 5) is 13.6. The number of nitrogens with two attached hydrogens (primary N) is 1. The van der Waals surface area contributed by atoms with Crippen LogP contribution in [0, 0.1) is 0 Å². The Kier molecular flexibility index (Phi) is 4.29. The molecule has 2 N–H and O–H groups in total. The molecule has 0 bridgehead atoms. The number of ketones is 1. The van der Waals surface area contributed by atoms with Crippen LogP contribution in [0.1, 0.15) is 41.9 Å². The molecule has 0 radical (unpaired) electrons. The summed E-state index contributed by atoms with van der Waals surface area (Å²) in [5.74, 6) is 0.184. The van der Waals surface area contributed by atoms with E-state index in [4.69, 9.17) is 10.5 Å². The van der Waals surface area contributed by atoms with Crippen LogP contribution in [0.3, 0.4) is 0 Å². The smallest absolute Gasteiger partial charge is 0.214 e. The van der Waals surface area contributed by atoms with Crippen molar-refractivity contribution in [1.82, 2.24) is 0 Å². The largest absolute Gasteiger partial charge is 0.461 e. The van der Waals surface area contributed by atoms with E-state index in [-0.39, 0.29) is 11.7 Å². The molecule has 1 atom stereocenters. The number of carbonyl (C=O) groups excluding carboxylic acids is 1. The van der Waals surface area contributed by atoms with Gasteiger partial charge in [-0.1, -0.05) is 43.7 Å². The van der Waals surface area contributed by atoms with Crippen molar-refractivity contribution in [2.24, 2.45) is 5.73 Å². The standard InChI is InChI=1S/C18H19NO2S/c1-2-3-6-12-7-4-8-13(11-12)15-16(20)17(21-18(15)19)14-9-5-10-22-14/h4-5,7-11,17H,2-3,6,19H2,1H3. The fourth-order valence-electron chi connectivity index (χ4n) is 2.67. The van der Waals surface area contributed by atoms with Gasteiger partial charge in [0.05, 0.1) is 10.5 Å². The molecular weight excluding hydrogens is 294 g/mol. The zero-order valence-corrected chi connectivity index (χ0v) is 13.4. The van der Waals surface area contributed by atoms with Crippen molar-refractivity contribution in [3.8, 4) is 0 Å². The summed E-state index contributed by atoms with van der Waals surface area (Å²) in [5, 5.41) is 1.94. The van der Waals surface area contributed by atoms with Crippen LogP contribution in [0.2, 0.25) is 0 Å². The van der Waals surface area contributed by atoms with Crippen molar-refractivity contribution in [3.05, 3.63) is 63.7 Å². The number of aryl methyl sites for hydroxylation is 1. The second-order valence-electron chi connectivity index (χ2n) is 5.42. The van der Waals surface area contributed by atoms with Gasteiger partial charge in [-0.2, -0.15) is 0 Å². The lowest BCUT2D eigenvalue weighted by molar-refractivity contribution is -0.120. The summed E-state index contributed by atoms with van der Waals surface area (Å²) in [6, 6.07) is 11.9. The minimum Gasteiger partial charge on any atom is -0.461 e. The van der Waals surface area contributed by atoms with Crippen molar-refractivity contribution < 1.29 is 9.53 Å². The summed E-state index contributed by atoms with van der Waals surface area (Å²) >= 11 is 1.51. The van der Waals surface area contributed by atoms with E-state index >= 15 is 0 Å². The molecule has 0 amide bonds. The molecule has 4 heteroatoms. The molecule has 3 nitrogen and oxygen atoms in total. The third-order valence-electron chi connectivity index (χ3n) is 3.81. The number of Topliss-reactive ketones (excluding diaryl/α,β-unsaturated/α-hetero) is 1. The Morgan fingerprint density at radius 3 is 2.86 bits per heavy atom. The average Bonchev–Trinajstić information content (AvgIpc) is 3.13. The van der Waals surface area contributed by atoms with Gasteiger partial charge >= 0.3 is 0 Å². The minimum atomic E-state index is -0.589. The third kappa shape index (κ3) is 2.79. The second-order valence-corrected chi connectivity index (χ2v) is 6.40. The first-order chi connectivity index (χ1) is 10.7. The maximum atomic E-state index is 12.7. The lowest BCUT2D eigenvalue weighted by atomic mass is 9.97. The first kappa shape index (κ1) is 14.9. The maximum absolute atomic E-state index is 12.7. The fraction of sp³-hybridized carbons (Fsp3) is 0.278. The van der Waals surface area contributed by atoms with Crippen LogP contribution in [0.5, 0.6) is 0 Å². The van der Waals surface area contributed by atoms with Crippen molar-refractivity contribution in [3.63, 3.8) is 0 Å². The molecule has 1 aromatic heterocycles. The van der Waals surface area contributed by atoms with E-state index in [0.29, 0.717) is 5.57 Å². The second kappa shape index (κ2) is 6.36. The number of hydrogen-bond donors (Lipinski definition) is 1. The number of carbonyl (C=O) groups is 1. The van der Waals surface area contributed by atoms with Crippen molar-refractivity contribution >= 4 is 22.7 Å². The van der Waals surface area contributed by atoms with Crippen LogP contribution in [0.15, 0.2) is 47.7 Å². The molecular formula is C18H19NO2S. The van der Waals surface area contributed by atoms with E-state index in [9.17, 15) is 4.79 Å². The first-order valence-electron chi connectivity index (χ1n) is 7.54. The number of benzene rings is 1. The molecule has 0 saturated carbocycles. The van der Waals surface area contributed by atoms with Crippen molar-refractivity contribution in [1.29, 1.82) is 0 Å². The molecule has 0 spiro atoms. The summed E-state index contributed by atoms with van der Waals surface area (Å²) in [6.45, 7) is 2.17. The fourth-order valence-corrected chi connectivity index (χ4v) is 3.42. The van der Waals surface area contributed by atoms with E-state index < -0.39 is 6.10 Å². The Bertz CT molecular complexity index is 704. The Balaban J connectivity index is 1.88. The predicted molar refractivity (Wildman–Crippen MR) is 89.3 cm³/mol. The molecule has 1 aromatic carbocycles. The summed E-state index contributed by atoms with van der Waals surface area (Å²) < 4.78 is 5.62. The van der Waals surface area contributed by atoms with Gasteiger partial charge in [-0.15, -0.1) is 11.3 Å². The normalized spacial score (nSPS) is 17.9. The number of ether oxygens (including phenoxy) is 1. The van der Waals surface area contributed by atoms with E-state index in [0.717, 1.165) is 29.7 Å². The van der Waals surface area contributed by atoms with Gasteiger partial charge in [0.25, 0.3) is 0 Å². The lowest BCUT2D eigenvalue weighted by Crippen LogP contribution is -2.08. The van der Waals surface area contributed by atoms with Gasteiger partial charge in [-0.25, -0.2) is 0 Å². The molecule has 1 aliphatic rings. The van der Waals surface area contributed by atoms with Crippen LogP contribution >= 0.6 is 11.3 Å². The highest BCUT2D eigenvalue weighted by atomic mass is 32.1. The zero-order chi connectivity index (χ0) is 15.5. The Morgan fingerprint density at radius 1 is 1.27 bits per heavy atom. The van der Waals surface area contributed by atoms with E-state index in [1.807, 2.05) is 29.6 Å². The molecule has 3 rings (SSSR count). The molecule has 1 unspecified atom stereocenters. The molecule has 2 aromatic rings. The maximum Gasteiger partial charge on any atom is 0.214 e. The van der Waals surface area contributed by atoms with E-state index in [1.165, 1.54) is 16.9 Å². The number of thiophene rings is 1.